The summed E-state index contributed by atoms with van der Waals surface area (Å²) in [4.78, 5) is 26.6. The average molecular weight is 168 g/mol. The molecule has 0 N–H and O–H groups in total. The number of isocyanates is 2. The molecule has 0 fully saturated rings. The summed E-state index contributed by atoms with van der Waals surface area (Å²) in [5.41, 5.74) is 0. The van der Waals surface area contributed by atoms with Crippen LogP contribution in [-0.2, 0) is 9.59 Å². The van der Waals surface area contributed by atoms with Crippen LogP contribution < -0.4 is 0 Å². The third kappa shape index (κ3) is 5.54. The van der Waals surface area contributed by atoms with Crippen molar-refractivity contribution in [3.05, 3.63) is 0 Å². The predicted octanol–water partition coefficient (Wildman–Crippen LogP) is 1.22. The summed E-state index contributed by atoms with van der Waals surface area (Å²) in [6.07, 6.45) is 4.46. The normalized spacial score (nSPS) is 13.8. The smallest absolute Gasteiger partial charge is 0.211 e. The molecular formula is C8H12N2O2. The first-order valence-electron chi connectivity index (χ1n) is 3.84. The van der Waals surface area contributed by atoms with Gasteiger partial charge >= 0.3 is 0 Å². The van der Waals surface area contributed by atoms with Crippen molar-refractivity contribution >= 4 is 12.2 Å². The number of rotatable bonds is 5. The Bertz CT molecular complexity index is 191. The van der Waals surface area contributed by atoms with E-state index in [2.05, 4.69) is 9.98 Å². The first kappa shape index (κ1) is 10.8. The molecule has 12 heavy (non-hydrogen) atoms. The Kier molecular flexibility index (Phi) is 5.80. The van der Waals surface area contributed by atoms with Crippen LogP contribution >= 0.6 is 0 Å². The first-order chi connectivity index (χ1) is 5.70. The SMILES string of the molecule is CC(CCC(C)N=C=O)N=C=O. The molecule has 66 valence electrons. The highest BCUT2D eigenvalue weighted by atomic mass is 16.1. The van der Waals surface area contributed by atoms with Gasteiger partial charge in [0.2, 0.25) is 12.2 Å². The van der Waals surface area contributed by atoms with Gasteiger partial charge in [0, 0.05) is 0 Å². The van der Waals surface area contributed by atoms with E-state index in [1.165, 1.54) is 12.2 Å². The van der Waals surface area contributed by atoms with Gasteiger partial charge in [-0.3, -0.25) is 0 Å². The van der Waals surface area contributed by atoms with E-state index >= 15 is 0 Å². The van der Waals surface area contributed by atoms with Gasteiger partial charge in [0.15, 0.2) is 0 Å². The van der Waals surface area contributed by atoms with Gasteiger partial charge in [-0.2, -0.15) is 0 Å². The molecule has 4 nitrogen and oxygen atoms in total. The van der Waals surface area contributed by atoms with Crippen molar-refractivity contribution in [2.45, 2.75) is 38.8 Å². The minimum Gasteiger partial charge on any atom is -0.211 e. The van der Waals surface area contributed by atoms with Crippen molar-refractivity contribution in [1.29, 1.82) is 0 Å². The quantitative estimate of drug-likeness (QED) is 0.457. The number of hydrogen-bond donors (Lipinski definition) is 0. The molecule has 0 spiro atoms. The van der Waals surface area contributed by atoms with Gasteiger partial charge in [0.1, 0.15) is 0 Å². The molecule has 2 atom stereocenters. The summed E-state index contributed by atoms with van der Waals surface area (Å²) in [7, 11) is 0. The second-order valence-electron chi connectivity index (χ2n) is 2.72. The largest absolute Gasteiger partial charge is 0.235 e. The Hall–Kier alpha value is -1.24. The molecule has 0 aromatic rings. The van der Waals surface area contributed by atoms with Crippen LogP contribution in [0.3, 0.4) is 0 Å². The first-order valence-corrected chi connectivity index (χ1v) is 3.84. The van der Waals surface area contributed by atoms with Crippen LogP contribution in [0.5, 0.6) is 0 Å². The van der Waals surface area contributed by atoms with E-state index < -0.39 is 0 Å². The van der Waals surface area contributed by atoms with Gasteiger partial charge in [-0.05, 0) is 26.7 Å². The fraction of sp³-hybridized carbons (Fsp3) is 0.750. The summed E-state index contributed by atoms with van der Waals surface area (Å²) in [5, 5.41) is 0. The van der Waals surface area contributed by atoms with Gasteiger partial charge in [0.05, 0.1) is 12.1 Å². The second-order valence-corrected chi connectivity index (χ2v) is 2.72. The zero-order chi connectivity index (χ0) is 9.40. The molecule has 2 unspecified atom stereocenters. The fourth-order valence-corrected chi connectivity index (χ4v) is 0.791. The van der Waals surface area contributed by atoms with E-state index in [4.69, 9.17) is 0 Å². The molecule has 0 aliphatic rings. The molecule has 0 aromatic carbocycles. The van der Waals surface area contributed by atoms with Crippen molar-refractivity contribution in [3.8, 4) is 0 Å². The van der Waals surface area contributed by atoms with Gasteiger partial charge in [-0.15, -0.1) is 0 Å². The number of nitrogens with zero attached hydrogens (tertiary/aromatic N) is 2. The Morgan fingerprint density at radius 2 is 1.33 bits per heavy atom. The lowest BCUT2D eigenvalue weighted by molar-refractivity contribution is 0.531. The fourth-order valence-electron chi connectivity index (χ4n) is 0.791. The molecule has 0 saturated carbocycles. The maximum absolute atomic E-state index is 9.81. The number of carbonyl (C=O) groups excluding carboxylic acids is 2. The maximum atomic E-state index is 9.81. The number of hydrogen-bond acceptors (Lipinski definition) is 4. The molecule has 0 heterocycles. The zero-order valence-corrected chi connectivity index (χ0v) is 7.28. The van der Waals surface area contributed by atoms with E-state index in [9.17, 15) is 9.59 Å². The van der Waals surface area contributed by atoms with E-state index in [1.54, 1.807) is 0 Å². The minimum atomic E-state index is -0.0354. The standard InChI is InChI=1S/C8H12N2O2/c1-7(9-5-11)3-4-8(2)10-6-12/h7-8H,3-4H2,1-2H3. The molecule has 0 aliphatic carbocycles. The molecule has 0 radical (unpaired) electrons. The summed E-state index contributed by atoms with van der Waals surface area (Å²) in [6.45, 7) is 3.64. The van der Waals surface area contributed by atoms with Crippen LogP contribution in [0.25, 0.3) is 0 Å². The lowest BCUT2D eigenvalue weighted by Gasteiger charge is -2.05. The van der Waals surface area contributed by atoms with E-state index in [1.807, 2.05) is 13.8 Å². The molecule has 0 saturated heterocycles. The molecular weight excluding hydrogens is 156 g/mol. The Morgan fingerprint density at radius 1 is 1.00 bits per heavy atom. The monoisotopic (exact) mass is 168 g/mol. The van der Waals surface area contributed by atoms with Crippen LogP contribution in [0.2, 0.25) is 0 Å². The van der Waals surface area contributed by atoms with Gasteiger partial charge in [-0.1, -0.05) is 0 Å². The molecule has 0 aliphatic heterocycles. The Morgan fingerprint density at radius 3 is 1.58 bits per heavy atom. The predicted molar refractivity (Wildman–Crippen MR) is 44.4 cm³/mol. The zero-order valence-electron chi connectivity index (χ0n) is 7.28. The highest BCUT2D eigenvalue weighted by Gasteiger charge is 2.03. The molecule has 0 amide bonds. The Labute approximate surface area is 71.4 Å². The highest BCUT2D eigenvalue weighted by Crippen LogP contribution is 2.05. The summed E-state index contributed by atoms with van der Waals surface area (Å²) in [5.74, 6) is 0. The third-order valence-electron chi connectivity index (χ3n) is 1.55. The van der Waals surface area contributed by atoms with Crippen LogP contribution in [-0.4, -0.2) is 24.2 Å². The molecule has 0 bridgehead atoms. The summed E-state index contributed by atoms with van der Waals surface area (Å²) >= 11 is 0. The molecule has 0 rings (SSSR count). The van der Waals surface area contributed by atoms with E-state index in [-0.39, 0.29) is 12.1 Å². The second kappa shape index (κ2) is 6.47. The van der Waals surface area contributed by atoms with Crippen LogP contribution in [0.15, 0.2) is 9.98 Å². The third-order valence-corrected chi connectivity index (χ3v) is 1.55. The minimum absolute atomic E-state index is 0.0354. The van der Waals surface area contributed by atoms with Gasteiger partial charge < -0.3 is 0 Å². The van der Waals surface area contributed by atoms with Crippen molar-refractivity contribution in [1.82, 2.24) is 0 Å². The lowest BCUT2D eigenvalue weighted by Crippen LogP contribution is -2.04. The molecule has 0 aromatic heterocycles. The van der Waals surface area contributed by atoms with Crippen LogP contribution in [0.4, 0.5) is 0 Å². The highest BCUT2D eigenvalue weighted by molar-refractivity contribution is 5.33. The van der Waals surface area contributed by atoms with E-state index in [0.29, 0.717) is 0 Å². The average Bonchev–Trinajstić information content (AvgIpc) is 2.02. The molecule has 4 heteroatoms. The van der Waals surface area contributed by atoms with Crippen molar-refractivity contribution in [2.75, 3.05) is 0 Å². The maximum Gasteiger partial charge on any atom is 0.235 e. The topological polar surface area (TPSA) is 58.9 Å². The van der Waals surface area contributed by atoms with Crippen LogP contribution in [0, 0.1) is 0 Å². The lowest BCUT2D eigenvalue weighted by atomic mass is 10.1. The summed E-state index contributed by atoms with van der Waals surface area (Å²) < 4.78 is 0. The van der Waals surface area contributed by atoms with Gasteiger partial charge in [0.25, 0.3) is 0 Å². The van der Waals surface area contributed by atoms with Crippen molar-refractivity contribution in [2.24, 2.45) is 9.98 Å². The van der Waals surface area contributed by atoms with E-state index in [0.717, 1.165) is 12.8 Å². The van der Waals surface area contributed by atoms with Gasteiger partial charge in [-0.25, -0.2) is 19.6 Å². The summed E-state index contributed by atoms with van der Waals surface area (Å²) in [6, 6.07) is -0.0707. The Balaban J connectivity index is 3.66. The van der Waals surface area contributed by atoms with Crippen molar-refractivity contribution < 1.29 is 9.59 Å². The number of aliphatic imine (C=N–C) groups is 2. The van der Waals surface area contributed by atoms with Crippen molar-refractivity contribution in [3.63, 3.8) is 0 Å². The van der Waals surface area contributed by atoms with Crippen LogP contribution in [0.1, 0.15) is 26.7 Å².